The van der Waals surface area contributed by atoms with Gasteiger partial charge in [0, 0.05) is 11.4 Å². The van der Waals surface area contributed by atoms with Gasteiger partial charge in [-0.15, -0.1) is 0 Å². The zero-order chi connectivity index (χ0) is 17.7. The average molecular weight is 325 g/mol. The summed E-state index contributed by atoms with van der Waals surface area (Å²) in [6.45, 7) is 5.45. The van der Waals surface area contributed by atoms with Crippen LogP contribution in [0, 0.1) is 25.2 Å². The maximum atomic E-state index is 12.4. The molecule has 1 amide bonds. The molecule has 0 bridgehead atoms. The highest BCUT2D eigenvalue weighted by Gasteiger charge is 2.22. The van der Waals surface area contributed by atoms with Crippen molar-refractivity contribution in [2.24, 2.45) is 0 Å². The van der Waals surface area contributed by atoms with E-state index in [2.05, 4.69) is 16.4 Å². The first-order valence-corrected chi connectivity index (χ1v) is 7.61. The summed E-state index contributed by atoms with van der Waals surface area (Å²) >= 11 is 0. The molecule has 2 rings (SSSR count). The van der Waals surface area contributed by atoms with Gasteiger partial charge in [0.2, 0.25) is 0 Å². The summed E-state index contributed by atoms with van der Waals surface area (Å²) in [5, 5.41) is 11.4. The number of aromatic amines is 1. The molecule has 1 aromatic heterocycles. The molecule has 1 heterocycles. The Bertz CT molecular complexity index is 798. The number of aromatic nitrogens is 1. The molecule has 6 heteroatoms. The van der Waals surface area contributed by atoms with E-state index in [4.69, 9.17) is 10.00 Å². The third-order valence-corrected chi connectivity index (χ3v) is 3.64. The van der Waals surface area contributed by atoms with Gasteiger partial charge in [-0.25, -0.2) is 4.79 Å². The minimum Gasteiger partial charge on any atom is -0.462 e. The van der Waals surface area contributed by atoms with Crippen LogP contribution in [-0.2, 0) is 11.2 Å². The van der Waals surface area contributed by atoms with Crippen molar-refractivity contribution < 1.29 is 14.3 Å². The van der Waals surface area contributed by atoms with Crippen molar-refractivity contribution >= 4 is 17.6 Å². The molecule has 0 aliphatic carbocycles. The van der Waals surface area contributed by atoms with Gasteiger partial charge in [-0.05, 0) is 44.0 Å². The number of esters is 1. The molecule has 24 heavy (non-hydrogen) atoms. The van der Waals surface area contributed by atoms with Crippen LogP contribution in [0.4, 0.5) is 5.69 Å². The van der Waals surface area contributed by atoms with Crippen molar-refractivity contribution in [3.8, 4) is 6.07 Å². The lowest BCUT2D eigenvalue weighted by atomic mass is 10.1. The summed E-state index contributed by atoms with van der Waals surface area (Å²) in [5.74, 6) is -0.775. The van der Waals surface area contributed by atoms with E-state index < -0.39 is 5.97 Å². The van der Waals surface area contributed by atoms with Gasteiger partial charge >= 0.3 is 5.97 Å². The van der Waals surface area contributed by atoms with Crippen molar-refractivity contribution in [1.82, 2.24) is 4.98 Å². The first-order chi connectivity index (χ1) is 11.5. The maximum Gasteiger partial charge on any atom is 0.340 e. The number of amides is 1. The number of carbonyl (C=O) groups is 2. The van der Waals surface area contributed by atoms with Crippen LogP contribution >= 0.6 is 0 Å². The molecule has 0 radical (unpaired) electrons. The van der Waals surface area contributed by atoms with E-state index in [1.807, 2.05) is 0 Å². The van der Waals surface area contributed by atoms with Gasteiger partial charge in [0.25, 0.3) is 5.91 Å². The van der Waals surface area contributed by atoms with Crippen molar-refractivity contribution in [1.29, 1.82) is 5.26 Å². The fourth-order valence-corrected chi connectivity index (χ4v) is 2.48. The Morgan fingerprint density at radius 3 is 2.50 bits per heavy atom. The van der Waals surface area contributed by atoms with E-state index in [0.717, 1.165) is 5.56 Å². The molecule has 0 fully saturated rings. The quantitative estimate of drug-likeness (QED) is 0.826. The second-order valence-electron chi connectivity index (χ2n) is 5.33. The SMILES string of the molecule is CCOC(=O)c1c(C)[nH]c(C(=O)Nc2ccc(CC#N)cc2)c1C. The van der Waals surface area contributed by atoms with Crippen molar-refractivity contribution in [3.05, 3.63) is 52.3 Å². The molecule has 0 saturated heterocycles. The van der Waals surface area contributed by atoms with Gasteiger partial charge in [0.05, 0.1) is 24.7 Å². The zero-order valence-electron chi connectivity index (χ0n) is 13.9. The Morgan fingerprint density at radius 1 is 1.25 bits per heavy atom. The van der Waals surface area contributed by atoms with Gasteiger partial charge in [0.15, 0.2) is 0 Å². The molecular weight excluding hydrogens is 306 g/mol. The Kier molecular flexibility index (Phi) is 5.38. The molecule has 0 aliphatic rings. The maximum absolute atomic E-state index is 12.4. The number of nitrogens with one attached hydrogen (secondary N) is 2. The highest BCUT2D eigenvalue weighted by Crippen LogP contribution is 2.20. The number of ether oxygens (including phenoxy) is 1. The summed E-state index contributed by atoms with van der Waals surface area (Å²) < 4.78 is 5.02. The number of nitriles is 1. The van der Waals surface area contributed by atoms with E-state index in [1.165, 1.54) is 0 Å². The molecule has 0 unspecified atom stereocenters. The number of hydrogen-bond acceptors (Lipinski definition) is 4. The highest BCUT2D eigenvalue weighted by molar-refractivity contribution is 6.06. The lowest BCUT2D eigenvalue weighted by Gasteiger charge is -2.06. The van der Waals surface area contributed by atoms with E-state index >= 15 is 0 Å². The fourth-order valence-electron chi connectivity index (χ4n) is 2.48. The first-order valence-electron chi connectivity index (χ1n) is 7.61. The summed E-state index contributed by atoms with van der Waals surface area (Å²) in [5.41, 5.74) is 3.38. The second-order valence-corrected chi connectivity index (χ2v) is 5.33. The molecule has 2 N–H and O–H groups in total. The normalized spacial score (nSPS) is 10.1. The van der Waals surface area contributed by atoms with E-state index in [0.29, 0.717) is 34.6 Å². The predicted octanol–water partition coefficient (Wildman–Crippen LogP) is 3.13. The van der Waals surface area contributed by atoms with Gasteiger partial charge in [-0.2, -0.15) is 5.26 Å². The molecule has 2 aromatic rings. The molecule has 0 atom stereocenters. The van der Waals surface area contributed by atoms with E-state index in [1.54, 1.807) is 45.0 Å². The number of anilines is 1. The van der Waals surface area contributed by atoms with Crippen LogP contribution in [0.5, 0.6) is 0 Å². The Balaban J connectivity index is 2.20. The molecule has 0 spiro atoms. The van der Waals surface area contributed by atoms with Crippen molar-refractivity contribution in [2.45, 2.75) is 27.2 Å². The predicted molar refractivity (Wildman–Crippen MR) is 89.9 cm³/mol. The minimum absolute atomic E-state index is 0.277. The van der Waals surface area contributed by atoms with Crippen LogP contribution in [0.3, 0.4) is 0 Å². The van der Waals surface area contributed by atoms with Gasteiger partial charge in [0.1, 0.15) is 5.69 Å². The molecule has 6 nitrogen and oxygen atoms in total. The molecule has 0 aliphatic heterocycles. The molecule has 0 saturated carbocycles. The molecule has 1 aromatic carbocycles. The average Bonchev–Trinajstić information content (AvgIpc) is 2.84. The number of hydrogen-bond donors (Lipinski definition) is 2. The Labute approximate surface area is 140 Å². The fraction of sp³-hybridized carbons (Fsp3) is 0.278. The van der Waals surface area contributed by atoms with Crippen LogP contribution in [-0.4, -0.2) is 23.5 Å². The Hall–Kier alpha value is -3.07. The zero-order valence-corrected chi connectivity index (χ0v) is 13.9. The van der Waals surface area contributed by atoms with E-state index in [9.17, 15) is 9.59 Å². The van der Waals surface area contributed by atoms with Gasteiger partial charge < -0.3 is 15.0 Å². The number of carbonyl (C=O) groups excluding carboxylic acids is 2. The smallest absolute Gasteiger partial charge is 0.340 e. The Morgan fingerprint density at radius 2 is 1.92 bits per heavy atom. The van der Waals surface area contributed by atoms with Crippen molar-refractivity contribution in [2.75, 3.05) is 11.9 Å². The van der Waals surface area contributed by atoms with E-state index in [-0.39, 0.29) is 12.5 Å². The minimum atomic E-state index is -0.441. The highest BCUT2D eigenvalue weighted by atomic mass is 16.5. The number of aryl methyl sites for hydroxylation is 1. The lowest BCUT2D eigenvalue weighted by Crippen LogP contribution is -2.14. The van der Waals surface area contributed by atoms with Crippen LogP contribution in [0.2, 0.25) is 0 Å². The number of benzene rings is 1. The van der Waals surface area contributed by atoms with Crippen LogP contribution in [0.25, 0.3) is 0 Å². The van der Waals surface area contributed by atoms with Gasteiger partial charge in [-0.1, -0.05) is 12.1 Å². The molecule has 124 valence electrons. The monoisotopic (exact) mass is 325 g/mol. The number of H-pyrrole nitrogens is 1. The molecular formula is C18H19N3O3. The van der Waals surface area contributed by atoms with Gasteiger partial charge in [-0.3, -0.25) is 4.79 Å². The second kappa shape index (κ2) is 7.47. The van der Waals surface area contributed by atoms with Crippen LogP contribution in [0.15, 0.2) is 24.3 Å². The summed E-state index contributed by atoms with van der Waals surface area (Å²) in [6, 6.07) is 9.12. The summed E-state index contributed by atoms with van der Waals surface area (Å²) in [4.78, 5) is 27.4. The van der Waals surface area contributed by atoms with Crippen molar-refractivity contribution in [3.63, 3.8) is 0 Å². The first kappa shape index (κ1) is 17.3. The third-order valence-electron chi connectivity index (χ3n) is 3.64. The van der Waals surface area contributed by atoms with Crippen LogP contribution < -0.4 is 5.32 Å². The standard InChI is InChI=1S/C18H19N3O3/c1-4-24-18(23)15-11(2)16(20-12(15)3)17(22)21-14-7-5-13(6-8-14)9-10-19/h5-8,20H,4,9H2,1-3H3,(H,21,22). The lowest BCUT2D eigenvalue weighted by molar-refractivity contribution is 0.0525. The topological polar surface area (TPSA) is 95.0 Å². The third kappa shape index (κ3) is 3.63. The summed E-state index contributed by atoms with van der Waals surface area (Å²) in [6.07, 6.45) is 0.325. The van der Waals surface area contributed by atoms with Crippen LogP contribution in [0.1, 0.15) is 44.6 Å². The largest absolute Gasteiger partial charge is 0.462 e. The summed E-state index contributed by atoms with van der Waals surface area (Å²) in [7, 11) is 0. The number of nitrogens with zero attached hydrogens (tertiary/aromatic N) is 1. The number of rotatable bonds is 5.